The molecule has 2 nitrogen and oxygen atoms in total. The molecule has 0 radical (unpaired) electrons. The molecule has 2 heteroatoms. The monoisotopic (exact) mass is 230 g/mol. The number of hydrogen-bond donors (Lipinski definition) is 0. The van der Waals surface area contributed by atoms with E-state index in [2.05, 4.69) is 27.7 Å². The van der Waals surface area contributed by atoms with Crippen molar-refractivity contribution in [2.24, 2.45) is 0 Å². The molecular formula is C14H30O2. The maximum Gasteiger partial charge on any atom is 0.147 e. The second-order valence-electron chi connectivity index (χ2n) is 4.78. The third-order valence-corrected chi connectivity index (χ3v) is 3.15. The lowest BCUT2D eigenvalue weighted by Gasteiger charge is -2.28. The van der Waals surface area contributed by atoms with Crippen molar-refractivity contribution in [3.05, 3.63) is 0 Å². The fourth-order valence-electron chi connectivity index (χ4n) is 1.66. The van der Waals surface area contributed by atoms with Crippen molar-refractivity contribution in [3.63, 3.8) is 0 Å². The Balaban J connectivity index is 3.64. The van der Waals surface area contributed by atoms with E-state index in [0.717, 1.165) is 25.9 Å². The van der Waals surface area contributed by atoms with Crippen LogP contribution in [0.25, 0.3) is 0 Å². The van der Waals surface area contributed by atoms with Gasteiger partial charge in [0.1, 0.15) is 6.79 Å². The minimum Gasteiger partial charge on any atom is -0.355 e. The van der Waals surface area contributed by atoms with Gasteiger partial charge < -0.3 is 9.47 Å². The Bertz CT molecular complexity index is 134. The van der Waals surface area contributed by atoms with Crippen LogP contribution in [0.4, 0.5) is 0 Å². The highest BCUT2D eigenvalue weighted by molar-refractivity contribution is 4.72. The Morgan fingerprint density at radius 3 is 2.25 bits per heavy atom. The molecule has 0 N–H and O–H groups in total. The van der Waals surface area contributed by atoms with Crippen molar-refractivity contribution in [2.45, 2.75) is 78.2 Å². The molecule has 1 atom stereocenters. The first kappa shape index (κ1) is 15.9. The molecule has 0 aromatic rings. The Hall–Kier alpha value is -0.0800. The summed E-state index contributed by atoms with van der Waals surface area (Å²) < 4.78 is 11.2. The Morgan fingerprint density at radius 2 is 1.69 bits per heavy atom. The van der Waals surface area contributed by atoms with Crippen molar-refractivity contribution in [1.82, 2.24) is 0 Å². The van der Waals surface area contributed by atoms with Crippen LogP contribution in [0, 0.1) is 0 Å². The molecule has 0 aromatic heterocycles. The molecular weight excluding hydrogens is 200 g/mol. The van der Waals surface area contributed by atoms with Crippen molar-refractivity contribution >= 4 is 0 Å². The first-order valence-electron chi connectivity index (χ1n) is 6.90. The smallest absolute Gasteiger partial charge is 0.147 e. The molecule has 0 saturated heterocycles. The lowest BCUT2D eigenvalue weighted by Crippen LogP contribution is -2.29. The van der Waals surface area contributed by atoms with Crippen molar-refractivity contribution in [2.75, 3.05) is 13.4 Å². The molecule has 0 aliphatic rings. The summed E-state index contributed by atoms with van der Waals surface area (Å²) >= 11 is 0. The summed E-state index contributed by atoms with van der Waals surface area (Å²) in [6.07, 6.45) is 8.50. The third-order valence-electron chi connectivity index (χ3n) is 3.15. The van der Waals surface area contributed by atoms with Gasteiger partial charge in [-0.1, -0.05) is 46.5 Å². The van der Waals surface area contributed by atoms with E-state index in [9.17, 15) is 0 Å². The number of unbranched alkanes of at least 4 members (excludes halogenated alkanes) is 3. The largest absolute Gasteiger partial charge is 0.355 e. The zero-order valence-electron chi connectivity index (χ0n) is 11.7. The van der Waals surface area contributed by atoms with Gasteiger partial charge in [-0.3, -0.25) is 0 Å². The van der Waals surface area contributed by atoms with E-state index in [-0.39, 0.29) is 5.60 Å². The van der Waals surface area contributed by atoms with Gasteiger partial charge in [0.05, 0.1) is 5.60 Å². The average Bonchev–Trinajstić information content (AvgIpc) is 2.31. The van der Waals surface area contributed by atoms with Gasteiger partial charge in [-0.2, -0.15) is 0 Å². The molecule has 0 aliphatic carbocycles. The SMILES string of the molecule is CCCCCCC(C)(CC)OCOCCC. The lowest BCUT2D eigenvalue weighted by atomic mass is 9.95. The van der Waals surface area contributed by atoms with Crippen LogP contribution < -0.4 is 0 Å². The molecule has 98 valence electrons. The second kappa shape index (κ2) is 10.1. The number of hydrogen-bond acceptors (Lipinski definition) is 2. The molecule has 0 spiro atoms. The van der Waals surface area contributed by atoms with Gasteiger partial charge in [-0.15, -0.1) is 0 Å². The van der Waals surface area contributed by atoms with Crippen LogP contribution in [-0.4, -0.2) is 19.0 Å². The highest BCUT2D eigenvalue weighted by Gasteiger charge is 2.21. The second-order valence-corrected chi connectivity index (χ2v) is 4.78. The van der Waals surface area contributed by atoms with Crippen LogP contribution in [0.1, 0.15) is 72.6 Å². The fraction of sp³-hybridized carbons (Fsp3) is 1.00. The third kappa shape index (κ3) is 8.12. The van der Waals surface area contributed by atoms with Crippen molar-refractivity contribution in [1.29, 1.82) is 0 Å². The molecule has 0 aliphatic heterocycles. The van der Waals surface area contributed by atoms with E-state index in [1.54, 1.807) is 0 Å². The molecule has 0 fully saturated rings. The van der Waals surface area contributed by atoms with Gasteiger partial charge >= 0.3 is 0 Å². The minimum atomic E-state index is 0.0154. The van der Waals surface area contributed by atoms with E-state index in [0.29, 0.717) is 6.79 Å². The zero-order valence-corrected chi connectivity index (χ0v) is 11.7. The molecule has 0 bridgehead atoms. The van der Waals surface area contributed by atoms with Crippen molar-refractivity contribution in [3.8, 4) is 0 Å². The minimum absolute atomic E-state index is 0.0154. The molecule has 0 saturated carbocycles. The molecule has 0 heterocycles. The predicted molar refractivity (Wildman–Crippen MR) is 69.7 cm³/mol. The molecule has 0 aromatic carbocycles. The van der Waals surface area contributed by atoms with Gasteiger partial charge in [0, 0.05) is 6.61 Å². The van der Waals surface area contributed by atoms with E-state index in [4.69, 9.17) is 9.47 Å². The Labute approximate surface area is 102 Å². The average molecular weight is 230 g/mol. The Morgan fingerprint density at radius 1 is 0.938 bits per heavy atom. The predicted octanol–water partition coefficient (Wildman–Crippen LogP) is 4.53. The number of rotatable bonds is 11. The summed E-state index contributed by atoms with van der Waals surface area (Å²) in [6.45, 7) is 10.0. The van der Waals surface area contributed by atoms with Crippen LogP contribution >= 0.6 is 0 Å². The van der Waals surface area contributed by atoms with Crippen LogP contribution in [0.5, 0.6) is 0 Å². The quantitative estimate of drug-likeness (QED) is 0.383. The highest BCUT2D eigenvalue weighted by Crippen LogP contribution is 2.23. The first-order valence-corrected chi connectivity index (χ1v) is 6.90. The first-order chi connectivity index (χ1) is 7.68. The van der Waals surface area contributed by atoms with Gasteiger partial charge in [-0.25, -0.2) is 0 Å². The normalized spacial score (nSPS) is 15.0. The molecule has 1 unspecified atom stereocenters. The Kier molecular flexibility index (Phi) is 10.0. The topological polar surface area (TPSA) is 18.5 Å². The number of ether oxygens (including phenoxy) is 2. The van der Waals surface area contributed by atoms with Crippen LogP contribution in [-0.2, 0) is 9.47 Å². The van der Waals surface area contributed by atoms with E-state index in [1.807, 2.05) is 0 Å². The van der Waals surface area contributed by atoms with Gasteiger partial charge in [0.15, 0.2) is 0 Å². The summed E-state index contributed by atoms with van der Waals surface area (Å²) in [7, 11) is 0. The van der Waals surface area contributed by atoms with Crippen LogP contribution in [0.2, 0.25) is 0 Å². The van der Waals surface area contributed by atoms with Crippen LogP contribution in [0.3, 0.4) is 0 Å². The van der Waals surface area contributed by atoms with E-state index < -0.39 is 0 Å². The zero-order chi connectivity index (χ0) is 12.3. The summed E-state index contributed by atoms with van der Waals surface area (Å²) in [5, 5.41) is 0. The standard InChI is InChI=1S/C14H30O2/c1-5-8-9-10-11-14(4,7-3)16-13-15-12-6-2/h5-13H2,1-4H3. The molecule has 0 rings (SSSR count). The maximum absolute atomic E-state index is 5.84. The van der Waals surface area contributed by atoms with E-state index in [1.165, 1.54) is 25.7 Å². The van der Waals surface area contributed by atoms with E-state index >= 15 is 0 Å². The highest BCUT2D eigenvalue weighted by atomic mass is 16.7. The van der Waals surface area contributed by atoms with Crippen molar-refractivity contribution < 1.29 is 9.47 Å². The van der Waals surface area contributed by atoms with Gasteiger partial charge in [0.2, 0.25) is 0 Å². The fourth-order valence-corrected chi connectivity index (χ4v) is 1.66. The van der Waals surface area contributed by atoms with Gasteiger partial charge in [0.25, 0.3) is 0 Å². The summed E-state index contributed by atoms with van der Waals surface area (Å²) in [4.78, 5) is 0. The molecule has 16 heavy (non-hydrogen) atoms. The van der Waals surface area contributed by atoms with Crippen LogP contribution in [0.15, 0.2) is 0 Å². The molecule has 0 amide bonds. The summed E-state index contributed by atoms with van der Waals surface area (Å²) in [5.74, 6) is 0. The summed E-state index contributed by atoms with van der Waals surface area (Å²) in [6, 6.07) is 0. The van der Waals surface area contributed by atoms with Gasteiger partial charge in [-0.05, 0) is 26.2 Å². The lowest BCUT2D eigenvalue weighted by molar-refractivity contribution is -0.139. The maximum atomic E-state index is 5.84. The summed E-state index contributed by atoms with van der Waals surface area (Å²) in [5.41, 5.74) is 0.0154.